The van der Waals surface area contributed by atoms with Gasteiger partial charge in [0.05, 0.1) is 23.3 Å². The molecule has 0 saturated heterocycles. The third kappa shape index (κ3) is 10.1. The number of rotatable bonds is 10. The first-order chi connectivity index (χ1) is 19.6. The van der Waals surface area contributed by atoms with Crippen LogP contribution in [0.1, 0.15) is 60.2 Å². The zero-order valence-electron chi connectivity index (χ0n) is 22.8. The number of aromatic carboxylic acids is 2. The van der Waals surface area contributed by atoms with Gasteiger partial charge in [-0.1, -0.05) is 24.3 Å². The van der Waals surface area contributed by atoms with Gasteiger partial charge in [-0.25, -0.2) is 9.80 Å². The molecule has 0 saturated carbocycles. The van der Waals surface area contributed by atoms with Crippen molar-refractivity contribution in [3.63, 3.8) is 0 Å². The SMILES string of the molecule is CCC[CH2][Sn+2][CH2]CCC.O=C([O-])c1ccc(N2C(=O)C=CC2=O)cc1.O=C([O-])c1ccc(N2C(=O)C=CC2=O)cc1. The van der Waals surface area contributed by atoms with E-state index in [1.54, 1.807) is 8.87 Å². The number of amides is 4. The monoisotopic (exact) mass is 666 g/mol. The number of carbonyl (C=O) groups is 6. The molecule has 2 aromatic rings. The molecular weight excluding hydrogens is 635 g/mol. The first-order valence-corrected chi connectivity index (χ1v) is 17.1. The van der Waals surface area contributed by atoms with Crippen LogP contribution >= 0.6 is 0 Å². The van der Waals surface area contributed by atoms with Crippen LogP contribution in [-0.4, -0.2) is 56.7 Å². The predicted octanol–water partition coefficient (Wildman–Crippen LogP) is 2.09. The van der Waals surface area contributed by atoms with Crippen LogP contribution in [0.2, 0.25) is 8.87 Å². The fourth-order valence-corrected chi connectivity index (χ4v) is 7.69. The molecule has 0 aromatic heterocycles. The Balaban J connectivity index is 0.000000225. The summed E-state index contributed by atoms with van der Waals surface area (Å²) in [6, 6.07) is 10.7. The fraction of sp³-hybridized carbons (Fsp3) is 0.267. The maximum Gasteiger partial charge on any atom is 0.258 e. The van der Waals surface area contributed by atoms with Gasteiger partial charge in [0.25, 0.3) is 23.6 Å². The topological polar surface area (TPSA) is 155 Å². The maximum absolute atomic E-state index is 11.3. The zero-order valence-corrected chi connectivity index (χ0v) is 25.7. The van der Waals surface area contributed by atoms with Crippen molar-refractivity contribution in [1.82, 2.24) is 0 Å². The quantitative estimate of drug-likeness (QED) is 0.212. The minimum atomic E-state index is -1.30. The predicted molar refractivity (Wildman–Crippen MR) is 150 cm³/mol. The molecule has 41 heavy (non-hydrogen) atoms. The van der Waals surface area contributed by atoms with Gasteiger partial charge >= 0.3 is 69.5 Å². The molecule has 2 aliphatic rings. The van der Waals surface area contributed by atoms with Crippen LogP contribution < -0.4 is 20.0 Å². The van der Waals surface area contributed by atoms with Crippen molar-refractivity contribution in [3.8, 4) is 0 Å². The molecule has 0 radical (unpaired) electrons. The molecule has 2 aliphatic heterocycles. The Hall–Kier alpha value is -4.06. The first-order valence-electron chi connectivity index (χ1n) is 13.1. The van der Waals surface area contributed by atoms with Crippen molar-refractivity contribution >= 4 is 68.1 Å². The molecule has 0 atom stereocenters. The van der Waals surface area contributed by atoms with Crippen molar-refractivity contribution < 1.29 is 39.0 Å². The van der Waals surface area contributed by atoms with Gasteiger partial charge in [0.2, 0.25) is 0 Å². The van der Waals surface area contributed by atoms with E-state index >= 15 is 0 Å². The number of carboxylic acid groups (broad SMARTS) is 2. The second-order valence-electron chi connectivity index (χ2n) is 8.82. The molecule has 0 N–H and O–H groups in total. The van der Waals surface area contributed by atoms with Gasteiger partial charge < -0.3 is 19.8 Å². The molecule has 11 heteroatoms. The molecule has 10 nitrogen and oxygen atoms in total. The molecule has 0 bridgehead atoms. The Morgan fingerprint density at radius 2 is 0.878 bits per heavy atom. The standard InChI is InChI=1S/2C11H7NO4.2C4H9.Sn/c2*13-9-5-6-10(14)12(9)8-3-1-7(2-4-8)11(15)16;2*1-3-4-2;/h2*1-6H,(H,15,16);2*1,3-4H2,2H3;/q;;;;+2/p-2. The van der Waals surface area contributed by atoms with Gasteiger partial charge in [-0.3, -0.25) is 19.2 Å². The molecule has 0 aliphatic carbocycles. The van der Waals surface area contributed by atoms with Crippen molar-refractivity contribution in [2.45, 2.75) is 48.4 Å². The fourth-order valence-electron chi connectivity index (χ4n) is 3.53. The van der Waals surface area contributed by atoms with E-state index in [0.29, 0.717) is 11.4 Å². The average molecular weight is 665 g/mol. The van der Waals surface area contributed by atoms with Crippen LogP contribution in [-0.2, 0) is 19.2 Å². The Labute approximate surface area is 248 Å². The summed E-state index contributed by atoms with van der Waals surface area (Å²) in [5.74, 6) is -4.36. The van der Waals surface area contributed by atoms with Crippen LogP contribution in [0, 0.1) is 0 Å². The summed E-state index contributed by atoms with van der Waals surface area (Å²) in [7, 11) is 0. The number of carbonyl (C=O) groups excluding carboxylic acids is 6. The summed E-state index contributed by atoms with van der Waals surface area (Å²) in [5.41, 5.74) is 0.668. The summed E-state index contributed by atoms with van der Waals surface area (Å²) in [6.07, 6.45) is 10.5. The van der Waals surface area contributed by atoms with E-state index in [0.717, 1.165) is 34.1 Å². The second kappa shape index (κ2) is 16.9. The number of carboxylic acids is 2. The van der Waals surface area contributed by atoms with Gasteiger partial charge in [-0.2, -0.15) is 0 Å². The summed E-state index contributed by atoms with van der Waals surface area (Å²) in [6.45, 7) is 4.58. The molecule has 0 spiro atoms. The zero-order chi connectivity index (χ0) is 30.4. The van der Waals surface area contributed by atoms with E-state index in [1.165, 1.54) is 74.2 Å². The third-order valence-corrected chi connectivity index (χ3v) is 9.79. The molecular formula is C30H30N2O8Sn. The Morgan fingerprint density at radius 1 is 0.585 bits per heavy atom. The number of hydrogen-bond acceptors (Lipinski definition) is 8. The molecule has 212 valence electrons. The van der Waals surface area contributed by atoms with Gasteiger partial charge in [0.1, 0.15) is 0 Å². The van der Waals surface area contributed by atoms with E-state index in [9.17, 15) is 39.0 Å². The number of imide groups is 2. The first kappa shape index (κ1) is 33.1. The van der Waals surface area contributed by atoms with Crippen LogP contribution in [0.5, 0.6) is 0 Å². The van der Waals surface area contributed by atoms with Crippen molar-refractivity contribution in [3.05, 3.63) is 84.0 Å². The summed E-state index contributed by atoms with van der Waals surface area (Å²) in [5, 5.41) is 21.0. The number of anilines is 2. The molecule has 4 amide bonds. The largest absolute Gasteiger partial charge is 0.545 e. The Morgan fingerprint density at radius 3 is 1.12 bits per heavy atom. The van der Waals surface area contributed by atoms with Crippen LogP contribution in [0.4, 0.5) is 11.4 Å². The van der Waals surface area contributed by atoms with E-state index in [1.807, 2.05) is 0 Å². The Bertz CT molecular complexity index is 1180. The number of benzene rings is 2. The number of nitrogens with zero attached hydrogens (tertiary/aromatic N) is 2. The van der Waals surface area contributed by atoms with Gasteiger partial charge in [0, 0.05) is 24.3 Å². The van der Waals surface area contributed by atoms with E-state index in [-0.39, 0.29) is 32.3 Å². The summed E-state index contributed by atoms with van der Waals surface area (Å²) in [4.78, 5) is 68.1. The van der Waals surface area contributed by atoms with Gasteiger partial charge in [-0.05, 0) is 35.4 Å². The minimum absolute atomic E-state index is 0.00389. The van der Waals surface area contributed by atoms with E-state index < -0.39 is 35.6 Å². The van der Waals surface area contributed by atoms with Crippen molar-refractivity contribution in [2.75, 3.05) is 9.80 Å². The summed E-state index contributed by atoms with van der Waals surface area (Å²) >= 11 is 0.149. The van der Waals surface area contributed by atoms with Crippen molar-refractivity contribution in [1.29, 1.82) is 0 Å². The van der Waals surface area contributed by atoms with E-state index in [2.05, 4.69) is 13.8 Å². The molecule has 2 aromatic carbocycles. The molecule has 4 rings (SSSR count). The van der Waals surface area contributed by atoms with Gasteiger partial charge in [-0.15, -0.1) is 0 Å². The van der Waals surface area contributed by atoms with Crippen LogP contribution in [0.3, 0.4) is 0 Å². The molecule has 0 unspecified atom stereocenters. The second-order valence-corrected chi connectivity index (χ2v) is 13.1. The van der Waals surface area contributed by atoms with Crippen LogP contribution in [0.25, 0.3) is 0 Å². The van der Waals surface area contributed by atoms with E-state index in [4.69, 9.17) is 0 Å². The van der Waals surface area contributed by atoms with Crippen LogP contribution in [0.15, 0.2) is 72.8 Å². The summed E-state index contributed by atoms with van der Waals surface area (Å²) < 4.78 is 3.25. The molecule has 0 fully saturated rings. The third-order valence-electron chi connectivity index (χ3n) is 5.76. The molecule has 2 heterocycles. The Kier molecular flexibility index (Phi) is 13.7. The maximum atomic E-state index is 11.3. The number of hydrogen-bond donors (Lipinski definition) is 0. The number of unbranched alkanes of at least 4 members (excludes halogenated alkanes) is 2. The van der Waals surface area contributed by atoms with Gasteiger partial charge in [0.15, 0.2) is 0 Å². The smallest absolute Gasteiger partial charge is 0.258 e. The minimum Gasteiger partial charge on any atom is -0.545 e. The average Bonchev–Trinajstić information content (AvgIpc) is 3.48. The normalized spacial score (nSPS) is 13.4. The van der Waals surface area contributed by atoms with Crippen molar-refractivity contribution in [2.24, 2.45) is 0 Å².